The Labute approximate surface area is 254 Å². The van der Waals surface area contributed by atoms with Crippen LogP contribution in [0, 0.1) is 0 Å². The summed E-state index contributed by atoms with van der Waals surface area (Å²) < 4.78 is 70.9. The van der Waals surface area contributed by atoms with Gasteiger partial charge in [-0.05, 0) is 11.8 Å². The summed E-state index contributed by atoms with van der Waals surface area (Å²) in [5.41, 5.74) is 10.7. The number of anilines is 2. The molecule has 0 amide bonds. The van der Waals surface area contributed by atoms with Gasteiger partial charge in [0.25, 0.3) is 5.56 Å². The van der Waals surface area contributed by atoms with Crippen LogP contribution in [0.15, 0.2) is 23.8 Å². The van der Waals surface area contributed by atoms with Crippen molar-refractivity contribution < 1.29 is 51.3 Å². The van der Waals surface area contributed by atoms with Gasteiger partial charge in [-0.2, -0.15) is 4.98 Å². The maximum atomic E-state index is 15.7. The molecule has 0 radical (unpaired) electrons. The predicted molar refractivity (Wildman–Crippen MR) is 150 cm³/mol. The summed E-state index contributed by atoms with van der Waals surface area (Å²) in [7, 11) is -3.48. The zero-order chi connectivity index (χ0) is 32.2. The Kier molecular flexibility index (Phi) is 8.69. The Hall–Kier alpha value is -3.08. The fourth-order valence-corrected chi connectivity index (χ4v) is 6.63. The lowest BCUT2D eigenvalue weighted by Crippen LogP contribution is -2.33. The summed E-state index contributed by atoms with van der Waals surface area (Å²) in [5.74, 6) is -0.254. The lowest BCUT2D eigenvalue weighted by atomic mass is 10.1. The summed E-state index contributed by atoms with van der Waals surface area (Å²) in [5, 5.41) is 10.5. The van der Waals surface area contributed by atoms with Gasteiger partial charge in [-0.15, -0.1) is 0 Å². The number of hydrogen-bond acceptors (Lipinski definition) is 16. The van der Waals surface area contributed by atoms with E-state index in [1.165, 1.54) is 10.9 Å². The number of nitrogens with two attached hydrogens (primary N) is 2. The normalized spacial score (nSPS) is 30.7. The number of imidazole rings is 2. The monoisotopic (exact) mass is 696 g/mol. The fourth-order valence-electron chi connectivity index (χ4n) is 4.92. The highest BCUT2D eigenvalue weighted by Gasteiger charge is 2.51. The molecule has 4 aromatic heterocycles. The van der Waals surface area contributed by atoms with Crippen molar-refractivity contribution in [2.75, 3.05) is 24.7 Å². The SMILES string of the molecule is Nc1nc2c(ncn2[C@@H]2O[C@H](CO[PH](=O)O)[C@@H](F)[C@H]2OP(O)(=S)OC[C@H]2O[C@@H](n3cnc4c(N)ncnc43)[C@@H](F)[C@@H]2O)c(=O)[nH]1. The molecule has 2 aliphatic heterocycles. The van der Waals surface area contributed by atoms with Crippen LogP contribution in [0.2, 0.25) is 0 Å². The van der Waals surface area contributed by atoms with E-state index < -0.39 is 83.0 Å². The van der Waals surface area contributed by atoms with Gasteiger partial charge in [0.2, 0.25) is 5.95 Å². The van der Waals surface area contributed by atoms with Crippen LogP contribution in [0.4, 0.5) is 20.5 Å². The van der Waals surface area contributed by atoms with Crippen molar-refractivity contribution in [3.8, 4) is 0 Å². The highest BCUT2D eigenvalue weighted by Crippen LogP contribution is 2.51. The molecule has 0 saturated carbocycles. The van der Waals surface area contributed by atoms with Gasteiger partial charge in [-0.25, -0.2) is 28.7 Å². The van der Waals surface area contributed by atoms with Gasteiger partial charge < -0.3 is 44.9 Å². The first kappa shape index (κ1) is 31.9. The van der Waals surface area contributed by atoms with Gasteiger partial charge >= 0.3 is 15.0 Å². The molecule has 6 rings (SSSR count). The van der Waals surface area contributed by atoms with E-state index in [2.05, 4.69) is 34.4 Å². The third-order valence-corrected chi connectivity index (χ3v) is 8.95. The van der Waals surface area contributed by atoms with Crippen LogP contribution >= 0.6 is 15.0 Å². The number of aliphatic hydroxyl groups is 1. The number of fused-ring (bicyclic) bond motifs is 2. The van der Waals surface area contributed by atoms with Crippen LogP contribution in [-0.4, -0.2) is 104 Å². The minimum atomic E-state index is -4.44. The van der Waals surface area contributed by atoms with Crippen LogP contribution in [0.3, 0.4) is 0 Å². The molecule has 2 fully saturated rings. The highest BCUT2D eigenvalue weighted by atomic mass is 32.5. The van der Waals surface area contributed by atoms with E-state index in [1.807, 2.05) is 0 Å². The quantitative estimate of drug-likeness (QED) is 0.108. The molecule has 8 N–H and O–H groups in total. The molecule has 2 saturated heterocycles. The standard InChI is InChI=1S/C20H24F2N10O10P2S/c21-8-6(1-38-43(35)36)40-19(32-5-28-11-16(32)29-20(24)30-17(11)34)13(8)42-44(37,45)39-2-7-12(33)9(22)18(41-7)31-4-27-10-14(23)25-3-26-15(10)31/h3-9,12-13,18-19,33,43H,1-2H2,(H,35,36)(H,37,45)(H2,23,25,26)(H3,24,29,30,34)/t6-,7-,8-,9+,12-,13-,18-,19-,44?/m1/s1. The predicted octanol–water partition coefficient (Wildman–Crippen LogP) is -1.03. The number of ether oxygens (including phenoxy) is 2. The van der Waals surface area contributed by atoms with Crippen LogP contribution in [0.5, 0.6) is 0 Å². The Bertz CT molecular complexity index is 1870. The first-order chi connectivity index (χ1) is 21.3. The molecule has 0 bridgehead atoms. The lowest BCUT2D eigenvalue weighted by Gasteiger charge is -2.26. The zero-order valence-corrected chi connectivity index (χ0v) is 25.1. The van der Waals surface area contributed by atoms with Crippen LogP contribution < -0.4 is 17.0 Å². The molecule has 6 heterocycles. The molecule has 0 aliphatic carbocycles. The molecule has 244 valence electrons. The van der Waals surface area contributed by atoms with Gasteiger partial charge in [-0.3, -0.25) is 28.0 Å². The largest absolute Gasteiger partial charge is 0.387 e. The molecule has 25 heteroatoms. The molecule has 2 aliphatic rings. The molecule has 10 atom stereocenters. The van der Waals surface area contributed by atoms with Gasteiger partial charge in [0.05, 0.1) is 25.9 Å². The van der Waals surface area contributed by atoms with E-state index in [4.69, 9.17) is 46.7 Å². The van der Waals surface area contributed by atoms with Crippen LogP contribution in [0.25, 0.3) is 22.3 Å². The molecule has 2 unspecified atom stereocenters. The number of alkyl halides is 2. The third kappa shape index (κ3) is 6.09. The molecule has 45 heavy (non-hydrogen) atoms. The zero-order valence-electron chi connectivity index (χ0n) is 22.4. The van der Waals surface area contributed by atoms with E-state index in [9.17, 15) is 19.4 Å². The topological polar surface area (TPSA) is 283 Å². The Balaban J connectivity index is 1.20. The molecule has 4 aromatic rings. The minimum absolute atomic E-state index is 0.0420. The molecule has 0 spiro atoms. The first-order valence-electron chi connectivity index (χ1n) is 12.8. The fraction of sp³-hybridized carbons (Fsp3) is 0.500. The summed E-state index contributed by atoms with van der Waals surface area (Å²) in [6.07, 6.45) is -10.2. The Morgan fingerprint density at radius 2 is 1.73 bits per heavy atom. The maximum absolute atomic E-state index is 15.7. The number of aromatic amines is 1. The van der Waals surface area contributed by atoms with Gasteiger partial charge in [0.1, 0.15) is 36.3 Å². The van der Waals surface area contributed by atoms with E-state index in [-0.39, 0.29) is 34.1 Å². The second kappa shape index (κ2) is 12.3. The Morgan fingerprint density at radius 3 is 2.47 bits per heavy atom. The number of rotatable bonds is 10. The van der Waals surface area contributed by atoms with Crippen LogP contribution in [0.1, 0.15) is 12.5 Å². The average Bonchev–Trinajstić information content (AvgIpc) is 3.73. The van der Waals surface area contributed by atoms with Crippen molar-refractivity contribution in [3.05, 3.63) is 29.3 Å². The van der Waals surface area contributed by atoms with Crippen molar-refractivity contribution in [2.45, 2.75) is 49.2 Å². The second-order valence-electron chi connectivity index (χ2n) is 9.78. The van der Waals surface area contributed by atoms with Crippen molar-refractivity contribution in [1.29, 1.82) is 0 Å². The molecule has 20 nitrogen and oxygen atoms in total. The summed E-state index contributed by atoms with van der Waals surface area (Å²) in [6, 6.07) is 0. The van der Waals surface area contributed by atoms with E-state index in [0.29, 0.717) is 0 Å². The third-order valence-electron chi connectivity index (χ3n) is 6.97. The van der Waals surface area contributed by atoms with Crippen molar-refractivity contribution in [1.82, 2.24) is 39.0 Å². The van der Waals surface area contributed by atoms with E-state index in [0.717, 1.165) is 17.2 Å². The number of nitrogens with one attached hydrogen (secondary N) is 1. The number of hydrogen-bond donors (Lipinski definition) is 6. The van der Waals surface area contributed by atoms with Gasteiger partial charge in [-0.1, -0.05) is 0 Å². The maximum Gasteiger partial charge on any atom is 0.325 e. The van der Waals surface area contributed by atoms with Crippen molar-refractivity contribution in [2.24, 2.45) is 0 Å². The lowest BCUT2D eigenvalue weighted by molar-refractivity contribution is -0.0540. The van der Waals surface area contributed by atoms with E-state index >= 15 is 8.78 Å². The Morgan fingerprint density at radius 1 is 1.04 bits per heavy atom. The van der Waals surface area contributed by atoms with Crippen molar-refractivity contribution in [3.63, 3.8) is 0 Å². The van der Waals surface area contributed by atoms with Crippen molar-refractivity contribution >= 4 is 60.9 Å². The van der Waals surface area contributed by atoms with Crippen LogP contribution in [-0.2, 0) is 39.4 Å². The number of aliphatic hydroxyl groups excluding tert-OH is 1. The first-order valence-corrected chi connectivity index (χ1v) is 16.6. The highest BCUT2D eigenvalue weighted by molar-refractivity contribution is 8.07. The number of nitrogen functional groups attached to an aromatic ring is 2. The van der Waals surface area contributed by atoms with E-state index in [1.54, 1.807) is 0 Å². The molecular formula is C20H24F2N10O10P2S. The number of aromatic nitrogens is 8. The summed E-state index contributed by atoms with van der Waals surface area (Å²) >= 11 is 5.08. The minimum Gasteiger partial charge on any atom is -0.387 e. The number of nitrogens with zero attached hydrogens (tertiary/aromatic N) is 7. The van der Waals surface area contributed by atoms with Gasteiger partial charge in [0, 0.05) is 0 Å². The molecular weight excluding hydrogens is 672 g/mol. The second-order valence-corrected chi connectivity index (χ2v) is 13.4. The van der Waals surface area contributed by atoms with Gasteiger partial charge in [0.15, 0.2) is 47.4 Å². The average molecular weight is 696 g/mol. The summed E-state index contributed by atoms with van der Waals surface area (Å²) in [6.45, 7) is -5.84. The molecule has 0 aromatic carbocycles. The number of H-pyrrole nitrogens is 1. The summed E-state index contributed by atoms with van der Waals surface area (Å²) in [4.78, 5) is 54.3. The number of halogens is 2. The smallest absolute Gasteiger partial charge is 0.325 e.